The van der Waals surface area contributed by atoms with E-state index >= 15 is 0 Å². The average Bonchev–Trinajstić information content (AvgIpc) is 2.75. The molecular weight excluding hydrogens is 265 g/mol. The number of hydrogen-bond acceptors (Lipinski definition) is 4. The van der Waals surface area contributed by atoms with Crippen molar-refractivity contribution < 1.29 is 9.18 Å². The number of rotatable bonds is 5. The molecular formula is C13H14FN3OS. The van der Waals surface area contributed by atoms with Crippen LogP contribution in [0.3, 0.4) is 0 Å². The molecule has 0 saturated heterocycles. The number of thiazole rings is 1. The summed E-state index contributed by atoms with van der Waals surface area (Å²) in [5.74, 6) is -0.372. The third-order valence-corrected chi connectivity index (χ3v) is 3.26. The zero-order valence-corrected chi connectivity index (χ0v) is 11.0. The van der Waals surface area contributed by atoms with E-state index in [9.17, 15) is 9.18 Å². The number of hydrogen-bond donors (Lipinski definition) is 2. The van der Waals surface area contributed by atoms with Crippen molar-refractivity contribution >= 4 is 22.4 Å². The molecule has 1 aromatic heterocycles. The first-order valence-electron chi connectivity index (χ1n) is 5.84. The Labute approximate surface area is 114 Å². The first-order chi connectivity index (χ1) is 9.13. The molecule has 2 rings (SSSR count). The zero-order chi connectivity index (χ0) is 13.7. The van der Waals surface area contributed by atoms with E-state index in [2.05, 4.69) is 10.3 Å². The van der Waals surface area contributed by atoms with Gasteiger partial charge < -0.3 is 11.1 Å². The summed E-state index contributed by atoms with van der Waals surface area (Å²) in [6.07, 6.45) is 0.819. The van der Waals surface area contributed by atoms with Crippen molar-refractivity contribution in [1.82, 2.24) is 10.3 Å². The van der Waals surface area contributed by atoms with Gasteiger partial charge in [0.25, 0.3) is 0 Å². The predicted octanol–water partition coefficient (Wildman–Crippen LogP) is 1.77. The van der Waals surface area contributed by atoms with Gasteiger partial charge in [-0.15, -0.1) is 11.3 Å². The summed E-state index contributed by atoms with van der Waals surface area (Å²) in [5, 5.41) is 5.00. The predicted molar refractivity (Wildman–Crippen MR) is 73.3 cm³/mol. The molecule has 2 aromatic rings. The van der Waals surface area contributed by atoms with Crippen molar-refractivity contribution in [2.24, 2.45) is 0 Å². The molecule has 0 atom stereocenters. The van der Waals surface area contributed by atoms with Crippen LogP contribution >= 0.6 is 11.3 Å². The second-order valence-corrected chi connectivity index (χ2v) is 4.97. The van der Waals surface area contributed by atoms with Crippen molar-refractivity contribution in [2.75, 3.05) is 12.3 Å². The van der Waals surface area contributed by atoms with E-state index in [1.165, 1.54) is 23.5 Å². The number of benzene rings is 1. The first-order valence-corrected chi connectivity index (χ1v) is 6.72. The molecule has 1 heterocycles. The number of halogens is 1. The Bertz CT molecular complexity index is 571. The lowest BCUT2D eigenvalue weighted by Gasteiger charge is -2.04. The van der Waals surface area contributed by atoms with E-state index in [0.717, 1.165) is 5.56 Å². The molecule has 19 heavy (non-hydrogen) atoms. The van der Waals surface area contributed by atoms with Crippen LogP contribution in [0.25, 0.3) is 0 Å². The lowest BCUT2D eigenvalue weighted by Crippen LogP contribution is -2.27. The Kier molecular flexibility index (Phi) is 4.46. The highest BCUT2D eigenvalue weighted by Gasteiger charge is 2.06. The van der Waals surface area contributed by atoms with Crippen LogP contribution in [0.1, 0.15) is 11.3 Å². The smallest absolute Gasteiger partial charge is 0.226 e. The summed E-state index contributed by atoms with van der Waals surface area (Å²) in [7, 11) is 0. The molecule has 0 unspecified atom stereocenters. The molecule has 0 saturated carbocycles. The maximum absolute atomic E-state index is 12.9. The lowest BCUT2D eigenvalue weighted by molar-refractivity contribution is -0.120. The van der Waals surface area contributed by atoms with Gasteiger partial charge in [0.2, 0.25) is 5.91 Å². The summed E-state index contributed by atoms with van der Waals surface area (Å²) in [5.41, 5.74) is 7.02. The van der Waals surface area contributed by atoms with Crippen LogP contribution < -0.4 is 11.1 Å². The Hall–Kier alpha value is -1.95. The van der Waals surface area contributed by atoms with Crippen LogP contribution in [0.2, 0.25) is 0 Å². The summed E-state index contributed by atoms with van der Waals surface area (Å²) < 4.78 is 12.9. The van der Waals surface area contributed by atoms with Crippen molar-refractivity contribution in [1.29, 1.82) is 0 Å². The summed E-state index contributed by atoms with van der Waals surface area (Å²) in [4.78, 5) is 15.6. The maximum Gasteiger partial charge on any atom is 0.226 e. The monoisotopic (exact) mass is 279 g/mol. The van der Waals surface area contributed by atoms with Crippen LogP contribution in [0.15, 0.2) is 29.6 Å². The third-order valence-electron chi connectivity index (χ3n) is 2.54. The van der Waals surface area contributed by atoms with Crippen molar-refractivity contribution in [3.05, 3.63) is 46.7 Å². The van der Waals surface area contributed by atoms with Gasteiger partial charge in [-0.1, -0.05) is 12.1 Å². The van der Waals surface area contributed by atoms with Gasteiger partial charge in [-0.3, -0.25) is 4.79 Å². The topological polar surface area (TPSA) is 68.0 Å². The Balaban J connectivity index is 1.75. The molecule has 3 N–H and O–H groups in total. The Morgan fingerprint density at radius 3 is 3.00 bits per heavy atom. The molecule has 4 nitrogen and oxygen atoms in total. The molecule has 0 aliphatic rings. The normalized spacial score (nSPS) is 10.4. The maximum atomic E-state index is 12.9. The summed E-state index contributed by atoms with van der Waals surface area (Å²) in [6, 6.07) is 6.35. The number of carbonyl (C=O) groups is 1. The fourth-order valence-corrected chi connectivity index (χ4v) is 2.23. The second-order valence-electron chi connectivity index (χ2n) is 4.08. The van der Waals surface area contributed by atoms with E-state index in [4.69, 9.17) is 5.73 Å². The first kappa shape index (κ1) is 13.5. The number of nitrogens with one attached hydrogen (secondary N) is 1. The average molecular weight is 279 g/mol. The fraction of sp³-hybridized carbons (Fsp3) is 0.231. The van der Waals surface area contributed by atoms with Crippen molar-refractivity contribution in [3.63, 3.8) is 0 Å². The van der Waals surface area contributed by atoms with E-state index in [0.29, 0.717) is 23.8 Å². The Morgan fingerprint density at radius 2 is 2.32 bits per heavy atom. The molecule has 0 aliphatic carbocycles. The lowest BCUT2D eigenvalue weighted by atomic mass is 10.1. The minimum atomic E-state index is -0.262. The van der Waals surface area contributed by atoms with Gasteiger partial charge in [-0.2, -0.15) is 0 Å². The molecule has 1 aromatic carbocycles. The minimum absolute atomic E-state index is 0.110. The molecule has 0 aliphatic heterocycles. The van der Waals surface area contributed by atoms with E-state index in [1.54, 1.807) is 11.4 Å². The number of nitrogens with two attached hydrogens (primary N) is 1. The van der Waals surface area contributed by atoms with Crippen LogP contribution in [0.5, 0.6) is 0 Å². The number of carbonyl (C=O) groups excluding carboxylic acids is 1. The largest absolute Gasteiger partial charge is 0.375 e. The number of aromatic nitrogens is 1. The van der Waals surface area contributed by atoms with Crippen LogP contribution in [0, 0.1) is 5.82 Å². The van der Waals surface area contributed by atoms with Gasteiger partial charge in [0.15, 0.2) is 5.13 Å². The zero-order valence-electron chi connectivity index (χ0n) is 10.2. The van der Waals surface area contributed by atoms with Gasteiger partial charge in [-0.05, 0) is 24.1 Å². The molecule has 0 bridgehead atoms. The summed E-state index contributed by atoms with van der Waals surface area (Å²) in [6.45, 7) is 0.474. The number of anilines is 1. The second kappa shape index (κ2) is 6.29. The van der Waals surface area contributed by atoms with Gasteiger partial charge in [0.05, 0.1) is 12.1 Å². The Morgan fingerprint density at radius 1 is 1.47 bits per heavy atom. The fourth-order valence-electron chi connectivity index (χ4n) is 1.67. The van der Waals surface area contributed by atoms with Gasteiger partial charge in [0, 0.05) is 11.9 Å². The van der Waals surface area contributed by atoms with Crippen molar-refractivity contribution in [3.8, 4) is 0 Å². The molecule has 100 valence electrons. The van der Waals surface area contributed by atoms with Crippen LogP contribution in [0.4, 0.5) is 9.52 Å². The highest BCUT2D eigenvalue weighted by molar-refractivity contribution is 7.13. The number of nitrogens with zero attached hydrogens (tertiary/aromatic N) is 1. The highest BCUT2D eigenvalue weighted by Crippen LogP contribution is 2.11. The van der Waals surface area contributed by atoms with E-state index < -0.39 is 0 Å². The standard InChI is InChI=1S/C13H14FN3OS/c14-10-3-1-2-9(6-10)4-5-16-12(18)7-11-8-19-13(15)17-11/h1-3,6,8H,4-5,7H2,(H2,15,17)(H,16,18). The van der Waals surface area contributed by atoms with E-state index in [1.807, 2.05) is 6.07 Å². The number of amides is 1. The minimum Gasteiger partial charge on any atom is -0.375 e. The SMILES string of the molecule is Nc1nc(CC(=O)NCCc2cccc(F)c2)cs1. The number of nitrogen functional groups attached to an aromatic ring is 1. The van der Waals surface area contributed by atoms with Crippen LogP contribution in [-0.4, -0.2) is 17.4 Å². The van der Waals surface area contributed by atoms with E-state index in [-0.39, 0.29) is 18.1 Å². The van der Waals surface area contributed by atoms with Gasteiger partial charge >= 0.3 is 0 Å². The molecule has 0 spiro atoms. The quantitative estimate of drug-likeness (QED) is 0.876. The summed E-state index contributed by atoms with van der Waals surface area (Å²) >= 11 is 1.31. The van der Waals surface area contributed by atoms with Crippen molar-refractivity contribution in [2.45, 2.75) is 12.8 Å². The molecule has 0 fully saturated rings. The third kappa shape index (κ3) is 4.33. The van der Waals surface area contributed by atoms with Gasteiger partial charge in [0.1, 0.15) is 5.82 Å². The van der Waals surface area contributed by atoms with Gasteiger partial charge in [-0.25, -0.2) is 9.37 Å². The highest BCUT2D eigenvalue weighted by atomic mass is 32.1. The molecule has 6 heteroatoms. The molecule has 0 radical (unpaired) electrons. The van der Waals surface area contributed by atoms with Crippen LogP contribution in [-0.2, 0) is 17.6 Å². The molecule has 1 amide bonds.